The van der Waals surface area contributed by atoms with Gasteiger partial charge in [-0.2, -0.15) is 4.98 Å². The number of thiazole rings is 1. The molecule has 9 heteroatoms. The number of carbonyl (C=O) groups is 1. The molecule has 7 nitrogen and oxygen atoms in total. The van der Waals surface area contributed by atoms with Crippen LogP contribution in [0.5, 0.6) is 0 Å². The first-order valence-corrected chi connectivity index (χ1v) is 7.91. The van der Waals surface area contributed by atoms with Gasteiger partial charge in [0.15, 0.2) is 5.82 Å². The van der Waals surface area contributed by atoms with Crippen molar-refractivity contribution in [2.75, 3.05) is 20.0 Å². The summed E-state index contributed by atoms with van der Waals surface area (Å²) in [5, 5.41) is 8.20. The van der Waals surface area contributed by atoms with Gasteiger partial charge < -0.3 is 14.6 Å². The molecule has 2 rings (SSSR count). The first-order chi connectivity index (χ1) is 9.72. The molecule has 0 fully saturated rings. The number of aromatic nitrogens is 3. The number of thioether (sulfide) groups is 1. The Morgan fingerprint density at radius 1 is 1.55 bits per heavy atom. The summed E-state index contributed by atoms with van der Waals surface area (Å²) >= 11 is 2.95. The highest BCUT2D eigenvalue weighted by Gasteiger charge is 2.12. The van der Waals surface area contributed by atoms with Crippen LogP contribution in [0.15, 0.2) is 14.2 Å². The minimum absolute atomic E-state index is 0.210. The quantitative estimate of drug-likeness (QED) is 0.772. The van der Waals surface area contributed by atoms with Gasteiger partial charge in [0.05, 0.1) is 19.6 Å². The number of ether oxygens (including phenoxy) is 1. The first kappa shape index (κ1) is 14.9. The van der Waals surface area contributed by atoms with Crippen LogP contribution in [0, 0.1) is 0 Å². The maximum Gasteiger partial charge on any atom is 0.271 e. The maximum absolute atomic E-state index is 11.8. The van der Waals surface area contributed by atoms with Gasteiger partial charge >= 0.3 is 0 Å². The number of nitrogens with one attached hydrogen (secondary N) is 1. The van der Waals surface area contributed by atoms with Crippen LogP contribution in [-0.2, 0) is 17.7 Å². The highest BCUT2D eigenvalue weighted by Crippen LogP contribution is 2.19. The molecule has 20 heavy (non-hydrogen) atoms. The van der Waals surface area contributed by atoms with E-state index in [1.807, 2.05) is 6.26 Å². The normalized spacial score (nSPS) is 10.7. The van der Waals surface area contributed by atoms with E-state index < -0.39 is 0 Å². The van der Waals surface area contributed by atoms with Crippen molar-refractivity contribution in [2.45, 2.75) is 17.3 Å². The molecule has 2 aromatic heterocycles. The van der Waals surface area contributed by atoms with Crippen molar-refractivity contribution >= 4 is 29.0 Å². The molecule has 2 heterocycles. The number of hydrogen-bond donors (Lipinski definition) is 1. The van der Waals surface area contributed by atoms with Crippen LogP contribution in [0.1, 0.15) is 22.2 Å². The lowest BCUT2D eigenvalue weighted by atomic mass is 10.4. The molecule has 0 aliphatic carbocycles. The van der Waals surface area contributed by atoms with Crippen LogP contribution in [0.2, 0.25) is 0 Å². The van der Waals surface area contributed by atoms with Crippen molar-refractivity contribution in [3.8, 4) is 0 Å². The number of nitrogens with zero attached hydrogens (tertiary/aromatic N) is 3. The van der Waals surface area contributed by atoms with E-state index in [2.05, 4.69) is 20.4 Å². The van der Waals surface area contributed by atoms with E-state index >= 15 is 0 Å². The molecule has 0 saturated carbocycles. The molecule has 1 N–H and O–H groups in total. The third kappa shape index (κ3) is 4.02. The summed E-state index contributed by atoms with van der Waals surface area (Å²) in [5.41, 5.74) is 0.405. The van der Waals surface area contributed by atoms with Gasteiger partial charge in [-0.15, -0.1) is 11.3 Å². The summed E-state index contributed by atoms with van der Waals surface area (Å²) in [7, 11) is 1.61. The van der Waals surface area contributed by atoms with E-state index in [1.165, 1.54) is 23.1 Å². The third-order valence-electron chi connectivity index (χ3n) is 2.33. The minimum atomic E-state index is -0.246. The molecule has 2 aromatic rings. The predicted molar refractivity (Wildman–Crippen MR) is 74.9 cm³/mol. The average Bonchev–Trinajstić information content (AvgIpc) is 3.11. The summed E-state index contributed by atoms with van der Waals surface area (Å²) in [6, 6.07) is 0. The smallest absolute Gasteiger partial charge is 0.271 e. The molecule has 0 aliphatic heterocycles. The van der Waals surface area contributed by atoms with Crippen molar-refractivity contribution in [3.63, 3.8) is 0 Å². The lowest BCUT2D eigenvalue weighted by Crippen LogP contribution is -2.23. The summed E-state index contributed by atoms with van der Waals surface area (Å²) in [6.45, 7) is 0.728. The Balaban J connectivity index is 1.85. The van der Waals surface area contributed by atoms with E-state index in [0.717, 1.165) is 4.34 Å². The third-order valence-corrected chi connectivity index (χ3v) is 4.19. The van der Waals surface area contributed by atoms with Crippen molar-refractivity contribution in [2.24, 2.45) is 0 Å². The van der Waals surface area contributed by atoms with Crippen LogP contribution < -0.4 is 5.32 Å². The fourth-order valence-corrected chi connectivity index (χ4v) is 2.60. The zero-order valence-electron chi connectivity index (χ0n) is 11.1. The van der Waals surface area contributed by atoms with Gasteiger partial charge in [-0.3, -0.25) is 4.79 Å². The molecule has 108 valence electrons. The van der Waals surface area contributed by atoms with Gasteiger partial charge in [-0.25, -0.2) is 4.98 Å². The van der Waals surface area contributed by atoms with E-state index in [4.69, 9.17) is 9.26 Å². The Labute approximate surface area is 124 Å². The molecular weight excluding hydrogens is 300 g/mol. The van der Waals surface area contributed by atoms with Crippen molar-refractivity contribution in [3.05, 3.63) is 22.8 Å². The van der Waals surface area contributed by atoms with Crippen LogP contribution in [0.3, 0.4) is 0 Å². The van der Waals surface area contributed by atoms with E-state index in [1.54, 1.807) is 12.5 Å². The monoisotopic (exact) mass is 314 g/mol. The van der Waals surface area contributed by atoms with Crippen molar-refractivity contribution in [1.82, 2.24) is 20.4 Å². The maximum atomic E-state index is 11.8. The molecule has 0 unspecified atom stereocenters. The van der Waals surface area contributed by atoms with Gasteiger partial charge in [-0.1, -0.05) is 16.9 Å². The largest absolute Gasteiger partial charge is 0.384 e. The fourth-order valence-electron chi connectivity index (χ4n) is 1.36. The fraction of sp³-hybridized carbons (Fsp3) is 0.455. The SMILES string of the molecule is COCCc1nc(CNC(=O)c2csc(SC)n2)no1. The van der Waals surface area contributed by atoms with Gasteiger partial charge in [0, 0.05) is 12.5 Å². The molecule has 0 spiro atoms. The van der Waals surface area contributed by atoms with Gasteiger partial charge in [-0.05, 0) is 6.26 Å². The molecule has 0 saturated heterocycles. The Morgan fingerprint density at radius 3 is 3.10 bits per heavy atom. The van der Waals surface area contributed by atoms with Gasteiger partial charge in [0.1, 0.15) is 10.0 Å². The zero-order chi connectivity index (χ0) is 14.4. The van der Waals surface area contributed by atoms with Crippen LogP contribution in [0.4, 0.5) is 0 Å². The molecular formula is C11H14N4O3S2. The Hall–Kier alpha value is -1.45. The lowest BCUT2D eigenvalue weighted by molar-refractivity contribution is 0.0945. The highest BCUT2D eigenvalue weighted by molar-refractivity contribution is 8.00. The predicted octanol–water partition coefficient (Wildman–Crippen LogP) is 1.37. The minimum Gasteiger partial charge on any atom is -0.384 e. The molecule has 0 radical (unpaired) electrons. The number of rotatable bonds is 7. The van der Waals surface area contributed by atoms with Crippen LogP contribution in [0.25, 0.3) is 0 Å². The summed E-state index contributed by atoms with van der Waals surface area (Å²) in [6.07, 6.45) is 2.47. The number of methoxy groups -OCH3 is 1. The van der Waals surface area contributed by atoms with E-state index in [0.29, 0.717) is 30.4 Å². The van der Waals surface area contributed by atoms with Crippen molar-refractivity contribution in [1.29, 1.82) is 0 Å². The molecule has 0 bridgehead atoms. The first-order valence-electron chi connectivity index (χ1n) is 5.81. The Morgan fingerprint density at radius 2 is 2.40 bits per heavy atom. The van der Waals surface area contributed by atoms with E-state index in [9.17, 15) is 4.79 Å². The van der Waals surface area contributed by atoms with Gasteiger partial charge in [0.2, 0.25) is 5.89 Å². The molecule has 0 aromatic carbocycles. The zero-order valence-corrected chi connectivity index (χ0v) is 12.7. The van der Waals surface area contributed by atoms with Crippen LogP contribution >= 0.6 is 23.1 Å². The summed E-state index contributed by atoms with van der Waals surface area (Å²) < 4.78 is 10.8. The topological polar surface area (TPSA) is 90.1 Å². The standard InChI is InChI=1S/C11H14N4O3S2/c1-17-4-3-9-14-8(15-18-9)5-12-10(16)7-6-20-11(13-7)19-2/h6H,3-5H2,1-2H3,(H,12,16). The van der Waals surface area contributed by atoms with E-state index in [-0.39, 0.29) is 12.5 Å². The Kier molecular flexibility index (Phi) is 5.50. The molecule has 0 aliphatic rings. The second kappa shape index (κ2) is 7.36. The van der Waals surface area contributed by atoms with Crippen molar-refractivity contribution < 1.29 is 14.1 Å². The summed E-state index contributed by atoms with van der Waals surface area (Å²) in [5.74, 6) is 0.684. The molecule has 1 amide bonds. The molecule has 0 atom stereocenters. The van der Waals surface area contributed by atoms with Crippen LogP contribution in [-0.4, -0.2) is 41.0 Å². The van der Waals surface area contributed by atoms with Gasteiger partial charge in [0.25, 0.3) is 5.91 Å². The number of amides is 1. The average molecular weight is 314 g/mol. The lowest BCUT2D eigenvalue weighted by Gasteiger charge is -1.98. The summed E-state index contributed by atoms with van der Waals surface area (Å²) in [4.78, 5) is 20.2. The second-order valence-electron chi connectivity index (χ2n) is 3.73. The number of carbonyl (C=O) groups excluding carboxylic acids is 1. The Bertz CT molecular complexity index is 570. The number of hydrogen-bond acceptors (Lipinski definition) is 8. The second-order valence-corrected chi connectivity index (χ2v) is 5.64. The highest BCUT2D eigenvalue weighted by atomic mass is 32.2.